The zero-order valence-electron chi connectivity index (χ0n) is 22.3. The Kier molecular flexibility index (Phi) is 7.14. The smallest absolute Gasteiger partial charge is 0.262 e. The summed E-state index contributed by atoms with van der Waals surface area (Å²) in [5.74, 6) is 0.600. The van der Waals surface area contributed by atoms with E-state index in [2.05, 4.69) is 4.98 Å². The number of hydrogen-bond donors (Lipinski definition) is 1. The molecule has 1 amide bonds. The molecule has 2 aromatic heterocycles. The maximum Gasteiger partial charge on any atom is 0.262 e. The molecular weight excluding hydrogens is 512 g/mol. The van der Waals surface area contributed by atoms with Crippen molar-refractivity contribution < 1.29 is 24.1 Å². The highest BCUT2D eigenvalue weighted by Crippen LogP contribution is 2.31. The van der Waals surface area contributed by atoms with Gasteiger partial charge in [-0.2, -0.15) is 0 Å². The Balaban J connectivity index is 1.14. The van der Waals surface area contributed by atoms with Gasteiger partial charge in [0.05, 0.1) is 37.9 Å². The Bertz CT molecular complexity index is 1540. The number of methoxy groups -OCH3 is 1. The minimum atomic E-state index is -1.14. The Hall–Kier alpha value is -3.99. The second-order valence-electron chi connectivity index (χ2n) is 10.3. The van der Waals surface area contributed by atoms with Crippen molar-refractivity contribution in [2.75, 3.05) is 33.4 Å². The van der Waals surface area contributed by atoms with Crippen LogP contribution in [0.5, 0.6) is 5.75 Å². The van der Waals surface area contributed by atoms with Crippen molar-refractivity contribution in [1.29, 1.82) is 0 Å². The molecule has 2 atom stereocenters. The van der Waals surface area contributed by atoms with Crippen LogP contribution >= 0.6 is 0 Å². The monoisotopic (exact) mass is 544 g/mol. The van der Waals surface area contributed by atoms with Crippen molar-refractivity contribution in [2.45, 2.75) is 37.2 Å². The topological polar surface area (TPSA) is 108 Å². The Morgan fingerprint density at radius 2 is 1.77 bits per heavy atom. The Labute approximate surface area is 231 Å². The quantitative estimate of drug-likeness (QED) is 0.398. The molecule has 4 heterocycles. The normalized spacial score (nSPS) is 20.9. The lowest BCUT2D eigenvalue weighted by Gasteiger charge is -2.41. The van der Waals surface area contributed by atoms with Crippen molar-refractivity contribution in [3.63, 3.8) is 0 Å². The molecule has 0 radical (unpaired) electrons. The number of fused-ring (bicyclic) bond motifs is 1. The molecule has 0 spiro atoms. The third-order valence-corrected chi connectivity index (χ3v) is 7.82. The zero-order valence-corrected chi connectivity index (χ0v) is 22.3. The van der Waals surface area contributed by atoms with Gasteiger partial charge < -0.3 is 28.8 Å². The van der Waals surface area contributed by atoms with Crippen LogP contribution in [0, 0.1) is 0 Å². The number of rotatable bonds is 6. The second kappa shape index (κ2) is 10.9. The summed E-state index contributed by atoms with van der Waals surface area (Å²) in [5, 5.41) is 11.9. The fourth-order valence-electron chi connectivity index (χ4n) is 5.56. The van der Waals surface area contributed by atoms with Crippen molar-refractivity contribution in [3.05, 3.63) is 89.1 Å². The molecule has 2 aliphatic rings. The van der Waals surface area contributed by atoms with Gasteiger partial charge in [-0.1, -0.05) is 30.3 Å². The molecule has 1 N–H and O–H groups in total. The van der Waals surface area contributed by atoms with Crippen molar-refractivity contribution in [2.24, 2.45) is 0 Å². The first-order valence-electron chi connectivity index (χ1n) is 13.5. The van der Waals surface area contributed by atoms with Crippen molar-refractivity contribution in [3.8, 4) is 11.4 Å². The molecule has 0 saturated carbocycles. The third-order valence-electron chi connectivity index (χ3n) is 7.82. The van der Waals surface area contributed by atoms with Gasteiger partial charge in [0.2, 0.25) is 0 Å². The molecule has 40 heavy (non-hydrogen) atoms. The largest absolute Gasteiger partial charge is 0.497 e. The van der Waals surface area contributed by atoms with E-state index >= 15 is 0 Å². The molecule has 2 aromatic carbocycles. The lowest BCUT2D eigenvalue weighted by Crippen LogP contribution is -2.53. The molecule has 10 heteroatoms. The number of nitrogens with zero attached hydrogens (tertiary/aromatic N) is 4. The number of amides is 1. The fraction of sp³-hybridized carbons (Fsp3) is 0.367. The molecular formula is C30H32N4O6. The average molecular weight is 545 g/mol. The van der Waals surface area contributed by atoms with Crippen molar-refractivity contribution >= 4 is 16.9 Å². The number of hydrogen-bond acceptors (Lipinski definition) is 7. The minimum absolute atomic E-state index is 0.0974. The van der Waals surface area contributed by atoms with E-state index in [0.717, 1.165) is 17.0 Å². The lowest BCUT2D eigenvalue weighted by molar-refractivity contribution is -0.178. The number of aliphatic hydroxyl groups is 1. The fourth-order valence-corrected chi connectivity index (χ4v) is 5.56. The number of piperidine rings is 1. The SMILES string of the molecule is COc1ccc(-n2ccc3c(=O)n(CC4(O)CCN(C(=O)[C@@H]5OCCO[C@@H]5c5ccccc5)CC4)cnc32)cc1. The number of ether oxygens (including phenoxy) is 3. The van der Waals surface area contributed by atoms with Crippen LogP contribution in [-0.2, 0) is 20.8 Å². The van der Waals surface area contributed by atoms with E-state index in [1.54, 1.807) is 18.1 Å². The molecule has 10 nitrogen and oxygen atoms in total. The summed E-state index contributed by atoms with van der Waals surface area (Å²) in [6, 6.07) is 18.9. The Morgan fingerprint density at radius 3 is 2.50 bits per heavy atom. The van der Waals surface area contributed by atoms with Crippen LogP contribution < -0.4 is 10.3 Å². The maximum absolute atomic E-state index is 13.4. The van der Waals surface area contributed by atoms with Crippen molar-refractivity contribution in [1.82, 2.24) is 19.0 Å². The van der Waals surface area contributed by atoms with Crippen LogP contribution in [0.2, 0.25) is 0 Å². The number of likely N-dealkylation sites (tertiary alicyclic amines) is 1. The number of carbonyl (C=O) groups is 1. The van der Waals surface area contributed by atoms with Gasteiger partial charge in [0.25, 0.3) is 11.5 Å². The number of carbonyl (C=O) groups excluding carboxylic acids is 1. The lowest BCUT2D eigenvalue weighted by atomic mass is 9.90. The molecule has 208 valence electrons. The third kappa shape index (κ3) is 5.01. The number of benzene rings is 2. The molecule has 2 aliphatic heterocycles. The van der Waals surface area contributed by atoms with Gasteiger partial charge in [0, 0.05) is 25.0 Å². The summed E-state index contributed by atoms with van der Waals surface area (Å²) >= 11 is 0. The van der Waals surface area contributed by atoms with Crippen LogP contribution in [0.25, 0.3) is 16.7 Å². The van der Waals surface area contributed by atoms with E-state index in [1.165, 1.54) is 10.9 Å². The zero-order chi connectivity index (χ0) is 27.7. The molecule has 2 fully saturated rings. The van der Waals surface area contributed by atoms with Crippen LogP contribution in [0.15, 0.2) is 78.0 Å². The summed E-state index contributed by atoms with van der Waals surface area (Å²) in [6.07, 6.45) is 2.76. The van der Waals surface area contributed by atoms with Gasteiger partial charge in [-0.05, 0) is 48.7 Å². The minimum Gasteiger partial charge on any atom is -0.497 e. The van der Waals surface area contributed by atoms with Gasteiger partial charge >= 0.3 is 0 Å². The van der Waals surface area contributed by atoms with E-state index in [9.17, 15) is 14.7 Å². The molecule has 0 unspecified atom stereocenters. The highest BCUT2D eigenvalue weighted by Gasteiger charge is 2.41. The second-order valence-corrected chi connectivity index (χ2v) is 10.3. The van der Waals surface area contributed by atoms with E-state index in [4.69, 9.17) is 14.2 Å². The maximum atomic E-state index is 13.4. The summed E-state index contributed by atoms with van der Waals surface area (Å²) in [5.41, 5.74) is 0.941. The predicted octanol–water partition coefficient (Wildman–Crippen LogP) is 2.71. The average Bonchev–Trinajstić information content (AvgIpc) is 3.44. The van der Waals surface area contributed by atoms with E-state index in [-0.39, 0.29) is 18.0 Å². The summed E-state index contributed by atoms with van der Waals surface area (Å²) in [6.45, 7) is 1.60. The van der Waals surface area contributed by atoms with E-state index in [0.29, 0.717) is 50.2 Å². The highest BCUT2D eigenvalue weighted by atomic mass is 16.6. The van der Waals surface area contributed by atoms with Gasteiger partial charge in [-0.3, -0.25) is 14.2 Å². The van der Waals surface area contributed by atoms with Gasteiger partial charge in [0.15, 0.2) is 11.8 Å². The van der Waals surface area contributed by atoms with Gasteiger partial charge in [-0.25, -0.2) is 4.98 Å². The standard InChI is InChI=1S/C30H32N4O6/c1-38-23-9-7-22(8-10-23)34-14-11-24-27(34)31-20-33(28(24)35)19-30(37)12-15-32(16-13-30)29(36)26-25(39-17-18-40-26)21-5-3-2-4-6-21/h2-11,14,20,25-26,37H,12-13,15-19H2,1H3/t25-,26-/m1/s1. The highest BCUT2D eigenvalue weighted by molar-refractivity contribution is 5.82. The van der Waals surface area contributed by atoms with E-state index < -0.39 is 17.8 Å². The summed E-state index contributed by atoms with van der Waals surface area (Å²) < 4.78 is 20.3. The molecule has 0 aliphatic carbocycles. The molecule has 4 aromatic rings. The summed E-state index contributed by atoms with van der Waals surface area (Å²) in [7, 11) is 1.61. The van der Waals surface area contributed by atoms with Crippen LogP contribution in [0.4, 0.5) is 0 Å². The van der Waals surface area contributed by atoms with Crippen LogP contribution in [-0.4, -0.2) is 75.1 Å². The van der Waals surface area contributed by atoms with Crippen LogP contribution in [0.1, 0.15) is 24.5 Å². The number of aromatic nitrogens is 3. The summed E-state index contributed by atoms with van der Waals surface area (Å²) in [4.78, 5) is 33.0. The first-order valence-corrected chi connectivity index (χ1v) is 13.5. The predicted molar refractivity (Wildman–Crippen MR) is 148 cm³/mol. The molecule has 6 rings (SSSR count). The molecule has 2 saturated heterocycles. The Morgan fingerprint density at radius 1 is 1.05 bits per heavy atom. The van der Waals surface area contributed by atoms with E-state index in [1.807, 2.05) is 65.4 Å². The van der Waals surface area contributed by atoms with Gasteiger partial charge in [0.1, 0.15) is 18.2 Å². The van der Waals surface area contributed by atoms with Gasteiger partial charge in [-0.15, -0.1) is 0 Å². The molecule has 0 bridgehead atoms. The first-order chi connectivity index (χ1) is 19.5. The van der Waals surface area contributed by atoms with Crippen LogP contribution in [0.3, 0.4) is 0 Å². The first kappa shape index (κ1) is 26.2.